The minimum atomic E-state index is -0.191. The number of rotatable bonds is 3. The lowest BCUT2D eigenvalue weighted by Crippen LogP contribution is -2.34. The van der Waals surface area contributed by atoms with Gasteiger partial charge in [-0.3, -0.25) is 10.3 Å². The SMILES string of the molecule is Cc1cc(C)nc(NC(=O)N(C)[C@@H](C)c2cccnc2)c1. The zero-order chi connectivity index (χ0) is 15.4. The second-order valence-corrected chi connectivity index (χ2v) is 5.17. The molecule has 5 nitrogen and oxygen atoms in total. The summed E-state index contributed by atoms with van der Waals surface area (Å²) in [5.74, 6) is 0.572. The molecule has 0 aliphatic carbocycles. The minimum absolute atomic E-state index is 0.0652. The summed E-state index contributed by atoms with van der Waals surface area (Å²) in [4.78, 5) is 22.3. The van der Waals surface area contributed by atoms with E-state index in [-0.39, 0.29) is 12.1 Å². The topological polar surface area (TPSA) is 58.1 Å². The number of aryl methyl sites for hydroxylation is 2. The van der Waals surface area contributed by atoms with Gasteiger partial charge in [-0.1, -0.05) is 6.07 Å². The van der Waals surface area contributed by atoms with Crippen molar-refractivity contribution in [1.82, 2.24) is 14.9 Å². The average molecular weight is 284 g/mol. The Balaban J connectivity index is 2.09. The standard InChI is InChI=1S/C16H20N4O/c1-11-8-12(2)18-15(9-11)19-16(21)20(4)13(3)14-6-5-7-17-10-14/h5-10,13H,1-4H3,(H,18,19,21)/t13-/m0/s1. The van der Waals surface area contributed by atoms with E-state index in [9.17, 15) is 4.79 Å². The summed E-state index contributed by atoms with van der Waals surface area (Å²) in [6, 6.07) is 7.39. The molecule has 0 aliphatic rings. The molecule has 0 saturated carbocycles. The molecule has 0 radical (unpaired) electrons. The number of pyridine rings is 2. The van der Waals surface area contributed by atoms with Crippen molar-refractivity contribution in [2.24, 2.45) is 0 Å². The Labute approximate surface area is 125 Å². The van der Waals surface area contributed by atoms with E-state index in [0.29, 0.717) is 5.82 Å². The summed E-state index contributed by atoms with van der Waals surface area (Å²) in [5.41, 5.74) is 2.94. The maximum atomic E-state index is 12.3. The van der Waals surface area contributed by atoms with Crippen molar-refractivity contribution in [1.29, 1.82) is 0 Å². The maximum Gasteiger partial charge on any atom is 0.323 e. The smallest absolute Gasteiger partial charge is 0.321 e. The van der Waals surface area contributed by atoms with Gasteiger partial charge in [-0.25, -0.2) is 9.78 Å². The van der Waals surface area contributed by atoms with Crippen LogP contribution in [0.25, 0.3) is 0 Å². The van der Waals surface area contributed by atoms with Gasteiger partial charge in [-0.15, -0.1) is 0 Å². The van der Waals surface area contributed by atoms with Crippen LogP contribution in [0.1, 0.15) is 29.8 Å². The molecule has 0 aromatic carbocycles. The third-order valence-corrected chi connectivity index (χ3v) is 3.40. The first-order valence-corrected chi connectivity index (χ1v) is 6.86. The Hall–Kier alpha value is -2.43. The van der Waals surface area contributed by atoms with E-state index in [1.54, 1.807) is 24.3 Å². The van der Waals surface area contributed by atoms with Crippen LogP contribution in [0.5, 0.6) is 0 Å². The molecule has 21 heavy (non-hydrogen) atoms. The fourth-order valence-corrected chi connectivity index (χ4v) is 2.13. The monoisotopic (exact) mass is 284 g/mol. The summed E-state index contributed by atoms with van der Waals surface area (Å²) in [6.45, 7) is 5.85. The molecule has 5 heteroatoms. The van der Waals surface area contributed by atoms with E-state index in [4.69, 9.17) is 0 Å². The number of nitrogens with zero attached hydrogens (tertiary/aromatic N) is 3. The van der Waals surface area contributed by atoms with Crippen molar-refractivity contribution in [2.45, 2.75) is 26.8 Å². The fourth-order valence-electron chi connectivity index (χ4n) is 2.13. The van der Waals surface area contributed by atoms with Gasteiger partial charge in [0.1, 0.15) is 5.82 Å². The Morgan fingerprint density at radius 3 is 2.71 bits per heavy atom. The molecule has 2 amide bonds. The Morgan fingerprint density at radius 2 is 2.10 bits per heavy atom. The molecule has 2 rings (SSSR count). The number of urea groups is 1. The number of amides is 2. The van der Waals surface area contributed by atoms with Gasteiger partial charge in [0, 0.05) is 25.1 Å². The zero-order valence-electron chi connectivity index (χ0n) is 12.8. The lowest BCUT2D eigenvalue weighted by Gasteiger charge is -2.25. The van der Waals surface area contributed by atoms with Gasteiger partial charge in [0.25, 0.3) is 0 Å². The molecule has 0 saturated heterocycles. The summed E-state index contributed by atoms with van der Waals surface area (Å²) in [7, 11) is 1.76. The number of hydrogen-bond donors (Lipinski definition) is 1. The molecule has 0 unspecified atom stereocenters. The second kappa shape index (κ2) is 6.35. The van der Waals surface area contributed by atoms with E-state index in [1.807, 2.05) is 45.0 Å². The van der Waals surface area contributed by atoms with Crippen LogP contribution in [0.15, 0.2) is 36.7 Å². The Bertz CT molecular complexity index is 607. The van der Waals surface area contributed by atoms with E-state index in [1.165, 1.54) is 0 Å². The van der Waals surface area contributed by atoms with Crippen molar-refractivity contribution in [3.63, 3.8) is 0 Å². The Kier molecular flexibility index (Phi) is 4.52. The van der Waals surface area contributed by atoms with Crippen LogP contribution >= 0.6 is 0 Å². The van der Waals surface area contributed by atoms with Gasteiger partial charge in [-0.05, 0) is 50.1 Å². The summed E-state index contributed by atoms with van der Waals surface area (Å²) in [5, 5.41) is 2.83. The minimum Gasteiger partial charge on any atom is -0.321 e. The molecule has 0 fully saturated rings. The third-order valence-electron chi connectivity index (χ3n) is 3.40. The highest BCUT2D eigenvalue weighted by Crippen LogP contribution is 2.18. The second-order valence-electron chi connectivity index (χ2n) is 5.17. The van der Waals surface area contributed by atoms with Gasteiger partial charge in [-0.2, -0.15) is 0 Å². The predicted octanol–water partition coefficient (Wildman–Crippen LogP) is 3.32. The molecule has 0 spiro atoms. The highest BCUT2D eigenvalue weighted by molar-refractivity contribution is 5.88. The lowest BCUT2D eigenvalue weighted by atomic mass is 10.1. The fraction of sp³-hybridized carbons (Fsp3) is 0.312. The molecule has 0 aliphatic heterocycles. The predicted molar refractivity (Wildman–Crippen MR) is 83.1 cm³/mol. The number of carbonyl (C=O) groups is 1. The van der Waals surface area contributed by atoms with Gasteiger partial charge < -0.3 is 4.90 Å². The number of nitrogens with one attached hydrogen (secondary N) is 1. The van der Waals surface area contributed by atoms with Crippen LogP contribution in [0.4, 0.5) is 10.6 Å². The van der Waals surface area contributed by atoms with Crippen LogP contribution in [0.2, 0.25) is 0 Å². The number of hydrogen-bond acceptors (Lipinski definition) is 3. The van der Waals surface area contributed by atoms with Gasteiger partial charge in [0.05, 0.1) is 6.04 Å². The number of carbonyl (C=O) groups excluding carboxylic acids is 1. The van der Waals surface area contributed by atoms with E-state index in [2.05, 4.69) is 15.3 Å². The average Bonchev–Trinajstić information content (AvgIpc) is 2.45. The molecule has 2 heterocycles. The van der Waals surface area contributed by atoms with Crippen molar-refractivity contribution in [3.8, 4) is 0 Å². The van der Waals surface area contributed by atoms with Gasteiger partial charge >= 0.3 is 6.03 Å². The van der Waals surface area contributed by atoms with Crippen molar-refractivity contribution >= 4 is 11.8 Å². The third kappa shape index (κ3) is 3.78. The van der Waals surface area contributed by atoms with E-state index >= 15 is 0 Å². The lowest BCUT2D eigenvalue weighted by molar-refractivity contribution is 0.208. The van der Waals surface area contributed by atoms with Gasteiger partial charge in [0.15, 0.2) is 0 Å². The van der Waals surface area contributed by atoms with E-state index in [0.717, 1.165) is 16.8 Å². The first-order chi connectivity index (χ1) is 9.97. The normalized spacial score (nSPS) is 11.8. The van der Waals surface area contributed by atoms with Crippen molar-refractivity contribution < 1.29 is 4.79 Å². The molecular weight excluding hydrogens is 264 g/mol. The first-order valence-electron chi connectivity index (χ1n) is 6.86. The summed E-state index contributed by atoms with van der Waals surface area (Å²) >= 11 is 0. The molecule has 1 N–H and O–H groups in total. The van der Waals surface area contributed by atoms with Crippen molar-refractivity contribution in [3.05, 3.63) is 53.5 Å². The molecule has 2 aromatic rings. The molecule has 0 bridgehead atoms. The van der Waals surface area contributed by atoms with Crippen LogP contribution in [0, 0.1) is 13.8 Å². The number of aromatic nitrogens is 2. The number of anilines is 1. The van der Waals surface area contributed by atoms with Crippen molar-refractivity contribution in [2.75, 3.05) is 12.4 Å². The summed E-state index contributed by atoms with van der Waals surface area (Å²) < 4.78 is 0. The van der Waals surface area contributed by atoms with Crippen LogP contribution < -0.4 is 5.32 Å². The molecular formula is C16H20N4O. The van der Waals surface area contributed by atoms with Crippen LogP contribution in [0.3, 0.4) is 0 Å². The highest BCUT2D eigenvalue weighted by atomic mass is 16.2. The van der Waals surface area contributed by atoms with Gasteiger partial charge in [0.2, 0.25) is 0 Å². The van der Waals surface area contributed by atoms with Crippen LogP contribution in [-0.4, -0.2) is 27.9 Å². The van der Waals surface area contributed by atoms with E-state index < -0.39 is 0 Å². The largest absolute Gasteiger partial charge is 0.323 e. The van der Waals surface area contributed by atoms with Crippen LogP contribution in [-0.2, 0) is 0 Å². The summed E-state index contributed by atoms with van der Waals surface area (Å²) in [6.07, 6.45) is 3.49. The zero-order valence-corrected chi connectivity index (χ0v) is 12.8. The highest BCUT2D eigenvalue weighted by Gasteiger charge is 2.18. The molecule has 110 valence electrons. The first kappa shape index (κ1) is 15.0. The molecule has 1 atom stereocenters. The maximum absolute atomic E-state index is 12.3. The molecule has 2 aromatic heterocycles. The quantitative estimate of drug-likeness (QED) is 0.940. The Morgan fingerprint density at radius 1 is 1.33 bits per heavy atom.